The van der Waals surface area contributed by atoms with Crippen LogP contribution in [0.5, 0.6) is 5.75 Å². The number of nitrogens with zero attached hydrogens (tertiary/aromatic N) is 2. The van der Waals surface area contributed by atoms with E-state index in [4.69, 9.17) is 32.4 Å². The lowest BCUT2D eigenvalue weighted by molar-refractivity contribution is -0.141. The first kappa shape index (κ1) is 32.8. The zero-order valence-electron chi connectivity index (χ0n) is 26.7. The van der Waals surface area contributed by atoms with Gasteiger partial charge in [0.2, 0.25) is 11.8 Å². The van der Waals surface area contributed by atoms with Crippen LogP contribution in [0.25, 0.3) is 0 Å². The summed E-state index contributed by atoms with van der Waals surface area (Å²) in [5.74, 6) is -4.05. The van der Waals surface area contributed by atoms with Crippen LogP contribution in [0, 0.1) is 23.7 Å². The minimum atomic E-state index is -1.54. The molecule has 1 saturated carbocycles. The van der Waals surface area contributed by atoms with E-state index in [0.717, 1.165) is 15.5 Å². The van der Waals surface area contributed by atoms with Gasteiger partial charge in [0.25, 0.3) is 11.8 Å². The third-order valence-electron chi connectivity index (χ3n) is 10.7. The van der Waals surface area contributed by atoms with Gasteiger partial charge in [-0.1, -0.05) is 53.1 Å². The summed E-state index contributed by atoms with van der Waals surface area (Å²) in [6, 6.07) is 18.8. The van der Waals surface area contributed by atoms with E-state index in [1.165, 1.54) is 22.3 Å². The molecule has 8 rings (SSSR count). The molecule has 50 heavy (non-hydrogen) atoms. The number of nitrogens with one attached hydrogen (secondary N) is 1. The van der Waals surface area contributed by atoms with E-state index in [1.807, 2.05) is 23.6 Å². The molecule has 13 heteroatoms. The molecule has 2 N–H and O–H groups in total. The van der Waals surface area contributed by atoms with E-state index in [2.05, 4.69) is 5.43 Å². The second-order valence-electron chi connectivity index (χ2n) is 13.0. The maximum absolute atomic E-state index is 15.2. The Labute approximate surface area is 301 Å². The van der Waals surface area contributed by atoms with Gasteiger partial charge >= 0.3 is 0 Å². The van der Waals surface area contributed by atoms with Crippen molar-refractivity contribution in [2.75, 3.05) is 12.5 Å². The van der Waals surface area contributed by atoms with Crippen molar-refractivity contribution < 1.29 is 33.4 Å². The number of amides is 4. The largest absolute Gasteiger partial charge is 0.497 e. The summed E-state index contributed by atoms with van der Waals surface area (Å²) in [6.45, 7) is -0.193. The van der Waals surface area contributed by atoms with Gasteiger partial charge in [-0.3, -0.25) is 29.5 Å². The fourth-order valence-electron chi connectivity index (χ4n) is 8.57. The molecule has 0 bridgehead atoms. The lowest BCUT2D eigenvalue weighted by atomic mass is 9.50. The number of hydrazine groups is 1. The molecule has 0 spiro atoms. The van der Waals surface area contributed by atoms with Crippen molar-refractivity contribution in [3.05, 3.63) is 116 Å². The average Bonchev–Trinajstić information content (AvgIpc) is 3.91. The number of ether oxygens (including phenoxy) is 1. The van der Waals surface area contributed by atoms with Crippen LogP contribution in [0.1, 0.15) is 40.7 Å². The molecule has 10 nitrogen and oxygen atoms in total. The van der Waals surface area contributed by atoms with E-state index < -0.39 is 46.8 Å². The lowest BCUT2D eigenvalue weighted by Gasteiger charge is -2.49. The molecule has 4 heterocycles. The smallest absolute Gasteiger partial charge is 0.260 e. The number of rotatable bonds is 8. The Balaban J connectivity index is 1.30. The van der Waals surface area contributed by atoms with Gasteiger partial charge in [0, 0.05) is 9.90 Å². The van der Waals surface area contributed by atoms with Crippen molar-refractivity contribution in [2.45, 2.75) is 37.3 Å². The topological polar surface area (TPSA) is 129 Å². The first-order valence-electron chi connectivity index (χ1n) is 16.2. The normalized spacial score (nSPS) is 27.3. The van der Waals surface area contributed by atoms with Crippen molar-refractivity contribution in [3.63, 3.8) is 0 Å². The zero-order valence-corrected chi connectivity index (χ0v) is 29.0. The minimum absolute atomic E-state index is 0.131. The molecule has 256 valence electrons. The second-order valence-corrected chi connectivity index (χ2v) is 14.9. The number of hydrogen-bond donors (Lipinski definition) is 2. The van der Waals surface area contributed by atoms with Crippen LogP contribution < -0.4 is 10.2 Å². The molecule has 0 unspecified atom stereocenters. The first-order chi connectivity index (χ1) is 24.2. The average molecular weight is 733 g/mol. The van der Waals surface area contributed by atoms with Gasteiger partial charge in [-0.15, -0.1) is 11.3 Å². The molecule has 4 aliphatic rings. The summed E-state index contributed by atoms with van der Waals surface area (Å²) in [6.07, 6.45) is 2.38. The highest BCUT2D eigenvalue weighted by Crippen LogP contribution is 2.64. The van der Waals surface area contributed by atoms with Crippen LogP contribution in [-0.4, -0.2) is 45.8 Å². The molecule has 2 aromatic carbocycles. The minimum Gasteiger partial charge on any atom is -0.497 e. The molecule has 2 aromatic heterocycles. The number of hydrogen-bond acceptors (Lipinski definition) is 9. The Morgan fingerprint density at radius 3 is 2.48 bits per heavy atom. The van der Waals surface area contributed by atoms with E-state index in [1.54, 1.807) is 55.6 Å². The standard InChI is InChI=1S/C37H31Cl2N3O7S/c1-48-21-7-4-19(5-8-21)37-27(34(45)42(36(37)47)40-29-12-6-20(38)15-28(29)39)16-26-24(32(37)30-13-9-22(18-43)49-30)10-11-25-31(26)35(46)41(33(25)44)17-23-3-2-14-50-23/h2-10,12-15,25-27,31-32,40,43H,11,16-18H2,1H3/t25-,26+,27-,31-,32+,37+/m0/s1. The highest BCUT2D eigenvalue weighted by Gasteiger charge is 2.71. The zero-order chi connectivity index (χ0) is 34.9. The number of allylic oxidation sites excluding steroid dienone is 2. The number of fused-ring (bicyclic) bond motifs is 4. The Morgan fingerprint density at radius 2 is 1.80 bits per heavy atom. The third-order valence-corrected chi connectivity index (χ3v) is 12.1. The Bertz CT molecular complexity index is 2060. The van der Waals surface area contributed by atoms with Gasteiger partial charge in [0.15, 0.2) is 0 Å². The van der Waals surface area contributed by atoms with Gasteiger partial charge in [0.05, 0.1) is 48.0 Å². The molecule has 6 atom stereocenters. The SMILES string of the molecule is COc1ccc([C@@]23C(=O)N(Nc4ccc(Cl)cc4Cl)C(=O)[C@@H]2C[C@@H]2C(=CC[C@@H]4C(=O)N(Cc5cccs5)C(=O)[C@@H]42)[C@@H]3c2ccc(CO)o2)cc1. The van der Waals surface area contributed by atoms with E-state index in [9.17, 15) is 19.5 Å². The van der Waals surface area contributed by atoms with Gasteiger partial charge in [0.1, 0.15) is 29.3 Å². The molecule has 2 aliphatic carbocycles. The van der Waals surface area contributed by atoms with Gasteiger partial charge in [-0.2, -0.15) is 5.01 Å². The number of carbonyl (C=O) groups is 4. The summed E-state index contributed by atoms with van der Waals surface area (Å²) in [7, 11) is 1.54. The number of aliphatic hydroxyl groups is 1. The second kappa shape index (κ2) is 12.4. The molecule has 2 aliphatic heterocycles. The van der Waals surface area contributed by atoms with E-state index in [-0.39, 0.29) is 42.2 Å². The summed E-state index contributed by atoms with van der Waals surface area (Å²) < 4.78 is 11.7. The summed E-state index contributed by atoms with van der Waals surface area (Å²) in [5.41, 5.74) is 3.04. The summed E-state index contributed by atoms with van der Waals surface area (Å²) in [5, 5.41) is 13.5. The van der Waals surface area contributed by atoms with Gasteiger partial charge in [-0.25, -0.2) is 0 Å². The molecular weight excluding hydrogens is 701 g/mol. The lowest BCUT2D eigenvalue weighted by Crippen LogP contribution is -2.53. The molecule has 0 radical (unpaired) electrons. The van der Waals surface area contributed by atoms with E-state index in [0.29, 0.717) is 34.2 Å². The summed E-state index contributed by atoms with van der Waals surface area (Å²) >= 11 is 14.1. The first-order valence-corrected chi connectivity index (χ1v) is 17.8. The number of halogens is 2. The maximum Gasteiger partial charge on any atom is 0.260 e. The number of furan rings is 1. The summed E-state index contributed by atoms with van der Waals surface area (Å²) in [4.78, 5) is 60.3. The fourth-order valence-corrected chi connectivity index (χ4v) is 9.71. The fraction of sp³-hybridized carbons (Fsp3) is 0.297. The van der Waals surface area contributed by atoms with Crippen LogP contribution in [0.15, 0.2) is 88.2 Å². The molecule has 3 fully saturated rings. The number of methoxy groups -OCH3 is 1. The quantitative estimate of drug-likeness (QED) is 0.159. The molecule has 4 amide bonds. The number of likely N-dealkylation sites (tertiary alicyclic amines) is 1. The van der Waals surface area contributed by atoms with Crippen LogP contribution in [0.2, 0.25) is 10.0 Å². The Kier molecular flexibility index (Phi) is 8.14. The van der Waals surface area contributed by atoms with Crippen molar-refractivity contribution in [3.8, 4) is 5.75 Å². The molecule has 2 saturated heterocycles. The monoisotopic (exact) mass is 731 g/mol. The van der Waals surface area contributed by atoms with Gasteiger partial charge < -0.3 is 14.3 Å². The van der Waals surface area contributed by atoms with Crippen LogP contribution in [-0.2, 0) is 37.7 Å². The highest BCUT2D eigenvalue weighted by atomic mass is 35.5. The third kappa shape index (κ3) is 4.85. The van der Waals surface area contributed by atoms with Gasteiger partial charge in [-0.05, 0) is 78.2 Å². The van der Waals surface area contributed by atoms with Crippen molar-refractivity contribution in [1.29, 1.82) is 0 Å². The highest BCUT2D eigenvalue weighted by molar-refractivity contribution is 7.09. The predicted octanol–water partition coefficient (Wildman–Crippen LogP) is 6.33. The van der Waals surface area contributed by atoms with Crippen LogP contribution in [0.4, 0.5) is 5.69 Å². The van der Waals surface area contributed by atoms with Crippen LogP contribution in [0.3, 0.4) is 0 Å². The maximum atomic E-state index is 15.2. The van der Waals surface area contributed by atoms with Crippen molar-refractivity contribution in [1.82, 2.24) is 9.91 Å². The number of anilines is 1. The Morgan fingerprint density at radius 1 is 1.00 bits per heavy atom. The Hall–Kier alpha value is -4.42. The molecular formula is C37H31Cl2N3O7S. The van der Waals surface area contributed by atoms with Crippen molar-refractivity contribution >= 4 is 63.9 Å². The number of benzene rings is 2. The van der Waals surface area contributed by atoms with Crippen LogP contribution >= 0.6 is 34.5 Å². The number of imide groups is 2. The molecule has 4 aromatic rings. The number of aliphatic hydroxyl groups excluding tert-OH is 1. The predicted molar refractivity (Wildman–Crippen MR) is 185 cm³/mol. The number of thiophene rings is 1. The van der Waals surface area contributed by atoms with Crippen molar-refractivity contribution in [2.24, 2.45) is 23.7 Å². The van der Waals surface area contributed by atoms with E-state index >= 15 is 4.79 Å². The number of carbonyl (C=O) groups excluding carboxylic acids is 4.